The molecule has 116 valence electrons. The molecule has 7 heteroatoms. The van der Waals surface area contributed by atoms with Crippen molar-refractivity contribution in [2.75, 3.05) is 13.2 Å². The quantitative estimate of drug-likeness (QED) is 0.691. The molecule has 0 spiro atoms. The predicted octanol–water partition coefficient (Wildman–Crippen LogP) is 0.789. The predicted molar refractivity (Wildman–Crippen MR) is 76.5 cm³/mol. The van der Waals surface area contributed by atoms with E-state index in [1.165, 1.54) is 25.3 Å². The number of rotatable bonds is 8. The van der Waals surface area contributed by atoms with Crippen LogP contribution >= 0.6 is 0 Å². The molecule has 1 aromatic heterocycles. The summed E-state index contributed by atoms with van der Waals surface area (Å²) >= 11 is 0. The van der Waals surface area contributed by atoms with Gasteiger partial charge >= 0.3 is 5.97 Å². The SMILES string of the molecule is CCCCNC(=O)COc1cccn(C(C)C(=O)O)c1=O. The van der Waals surface area contributed by atoms with E-state index in [0.717, 1.165) is 17.4 Å². The normalized spacial score (nSPS) is 11.7. The van der Waals surface area contributed by atoms with Gasteiger partial charge in [0.05, 0.1) is 0 Å². The Balaban J connectivity index is 2.68. The van der Waals surface area contributed by atoms with Crippen LogP contribution in [0.3, 0.4) is 0 Å². The fourth-order valence-electron chi connectivity index (χ4n) is 1.62. The number of amides is 1. The number of carbonyl (C=O) groups excluding carboxylic acids is 1. The van der Waals surface area contributed by atoms with Crippen LogP contribution in [-0.2, 0) is 9.59 Å². The molecule has 21 heavy (non-hydrogen) atoms. The second-order valence-electron chi connectivity index (χ2n) is 4.59. The van der Waals surface area contributed by atoms with Gasteiger partial charge in [0.2, 0.25) is 0 Å². The van der Waals surface area contributed by atoms with Crippen LogP contribution in [0.15, 0.2) is 23.1 Å². The molecule has 0 aliphatic carbocycles. The van der Waals surface area contributed by atoms with Crippen molar-refractivity contribution < 1.29 is 19.4 Å². The van der Waals surface area contributed by atoms with E-state index in [4.69, 9.17) is 9.84 Å². The monoisotopic (exact) mass is 296 g/mol. The minimum absolute atomic E-state index is 0.0451. The van der Waals surface area contributed by atoms with Gasteiger partial charge in [-0.15, -0.1) is 0 Å². The third-order valence-electron chi connectivity index (χ3n) is 2.93. The molecule has 1 heterocycles. The van der Waals surface area contributed by atoms with E-state index in [9.17, 15) is 14.4 Å². The minimum Gasteiger partial charge on any atom is -0.480 e. The van der Waals surface area contributed by atoms with Crippen molar-refractivity contribution in [2.45, 2.75) is 32.7 Å². The smallest absolute Gasteiger partial charge is 0.326 e. The fraction of sp³-hybridized carbons (Fsp3) is 0.500. The van der Waals surface area contributed by atoms with Crippen molar-refractivity contribution in [3.63, 3.8) is 0 Å². The van der Waals surface area contributed by atoms with Gasteiger partial charge in [-0.05, 0) is 25.5 Å². The van der Waals surface area contributed by atoms with Gasteiger partial charge < -0.3 is 15.2 Å². The van der Waals surface area contributed by atoms with Crippen molar-refractivity contribution in [3.8, 4) is 5.75 Å². The van der Waals surface area contributed by atoms with E-state index >= 15 is 0 Å². The van der Waals surface area contributed by atoms with Crippen molar-refractivity contribution >= 4 is 11.9 Å². The molecule has 1 rings (SSSR count). The number of ether oxygens (including phenoxy) is 1. The molecule has 7 nitrogen and oxygen atoms in total. The lowest BCUT2D eigenvalue weighted by atomic mass is 10.3. The maximum Gasteiger partial charge on any atom is 0.326 e. The zero-order chi connectivity index (χ0) is 15.8. The van der Waals surface area contributed by atoms with Gasteiger partial charge in [0.15, 0.2) is 12.4 Å². The van der Waals surface area contributed by atoms with Crippen LogP contribution in [0.25, 0.3) is 0 Å². The third-order valence-corrected chi connectivity index (χ3v) is 2.93. The Morgan fingerprint density at radius 3 is 2.81 bits per heavy atom. The number of pyridine rings is 1. The Bertz CT molecular complexity index is 553. The first kappa shape index (κ1) is 16.7. The molecular weight excluding hydrogens is 276 g/mol. The molecule has 0 aromatic carbocycles. The van der Waals surface area contributed by atoms with Crippen LogP contribution in [0.2, 0.25) is 0 Å². The van der Waals surface area contributed by atoms with Crippen molar-refractivity contribution in [1.29, 1.82) is 0 Å². The second kappa shape index (κ2) is 8.08. The van der Waals surface area contributed by atoms with Crippen molar-refractivity contribution in [3.05, 3.63) is 28.7 Å². The van der Waals surface area contributed by atoms with E-state index in [1.807, 2.05) is 6.92 Å². The highest BCUT2D eigenvalue weighted by atomic mass is 16.5. The maximum atomic E-state index is 12.0. The molecule has 0 saturated heterocycles. The highest BCUT2D eigenvalue weighted by Gasteiger charge is 2.16. The molecule has 2 N–H and O–H groups in total. The first-order valence-electron chi connectivity index (χ1n) is 6.80. The van der Waals surface area contributed by atoms with Crippen LogP contribution in [0.4, 0.5) is 0 Å². The summed E-state index contributed by atoms with van der Waals surface area (Å²) in [5.74, 6) is -1.48. The second-order valence-corrected chi connectivity index (χ2v) is 4.59. The largest absolute Gasteiger partial charge is 0.480 e. The van der Waals surface area contributed by atoms with Gasteiger partial charge in [-0.3, -0.25) is 14.2 Å². The number of hydrogen-bond donors (Lipinski definition) is 2. The standard InChI is InChI=1S/C14H20N2O5/c1-3-4-7-15-12(17)9-21-11-6-5-8-16(13(11)18)10(2)14(19)20/h5-6,8,10H,3-4,7,9H2,1-2H3,(H,15,17)(H,19,20). The van der Waals surface area contributed by atoms with E-state index in [-0.39, 0.29) is 18.3 Å². The summed E-state index contributed by atoms with van der Waals surface area (Å²) in [6.45, 7) is 3.70. The molecule has 1 atom stereocenters. The summed E-state index contributed by atoms with van der Waals surface area (Å²) in [4.78, 5) is 34.4. The van der Waals surface area contributed by atoms with Crippen LogP contribution in [0.5, 0.6) is 5.75 Å². The van der Waals surface area contributed by atoms with Gasteiger partial charge in [0, 0.05) is 12.7 Å². The van der Waals surface area contributed by atoms with Crippen LogP contribution in [-0.4, -0.2) is 34.7 Å². The Kier molecular flexibility index (Phi) is 6.45. The maximum absolute atomic E-state index is 12.0. The molecule has 0 bridgehead atoms. The van der Waals surface area contributed by atoms with Crippen LogP contribution in [0.1, 0.15) is 32.7 Å². The van der Waals surface area contributed by atoms with Crippen LogP contribution in [0, 0.1) is 0 Å². The summed E-state index contributed by atoms with van der Waals surface area (Å²) in [7, 11) is 0. The Labute approximate surface area is 122 Å². The molecule has 0 saturated carbocycles. The molecule has 0 aliphatic rings. The minimum atomic E-state index is -1.12. The number of nitrogens with one attached hydrogen (secondary N) is 1. The van der Waals surface area contributed by atoms with E-state index in [0.29, 0.717) is 6.54 Å². The van der Waals surface area contributed by atoms with Gasteiger partial charge in [-0.25, -0.2) is 4.79 Å². The summed E-state index contributed by atoms with van der Waals surface area (Å²) in [6.07, 6.45) is 3.22. The summed E-state index contributed by atoms with van der Waals surface area (Å²) in [6, 6.07) is 1.91. The number of hydrogen-bond acceptors (Lipinski definition) is 4. The highest BCUT2D eigenvalue weighted by molar-refractivity contribution is 5.77. The average molecular weight is 296 g/mol. The first-order chi connectivity index (χ1) is 9.97. The van der Waals surface area contributed by atoms with Gasteiger partial charge in [0.25, 0.3) is 11.5 Å². The Hall–Kier alpha value is -2.31. The lowest BCUT2D eigenvalue weighted by molar-refractivity contribution is -0.140. The van der Waals surface area contributed by atoms with Gasteiger partial charge in [-0.1, -0.05) is 13.3 Å². The molecule has 0 fully saturated rings. The number of carboxylic acids is 1. The topological polar surface area (TPSA) is 97.6 Å². The number of carbonyl (C=O) groups is 2. The summed E-state index contributed by atoms with van der Waals surface area (Å²) in [5.41, 5.74) is -0.575. The number of nitrogens with zero attached hydrogens (tertiary/aromatic N) is 1. The van der Waals surface area contributed by atoms with Gasteiger partial charge in [-0.2, -0.15) is 0 Å². The molecule has 1 unspecified atom stereocenters. The number of aliphatic carboxylic acids is 1. The lowest BCUT2D eigenvalue weighted by Crippen LogP contribution is -2.32. The Morgan fingerprint density at radius 2 is 2.19 bits per heavy atom. The zero-order valence-electron chi connectivity index (χ0n) is 12.2. The van der Waals surface area contributed by atoms with E-state index < -0.39 is 17.6 Å². The summed E-state index contributed by atoms with van der Waals surface area (Å²) in [5, 5.41) is 11.6. The molecule has 1 aromatic rings. The molecular formula is C14H20N2O5. The van der Waals surface area contributed by atoms with E-state index in [2.05, 4.69) is 5.32 Å². The number of aromatic nitrogens is 1. The molecule has 0 aliphatic heterocycles. The highest BCUT2D eigenvalue weighted by Crippen LogP contribution is 2.07. The zero-order valence-corrected chi connectivity index (χ0v) is 12.2. The van der Waals surface area contributed by atoms with Crippen molar-refractivity contribution in [1.82, 2.24) is 9.88 Å². The Morgan fingerprint density at radius 1 is 1.48 bits per heavy atom. The third kappa shape index (κ3) is 4.94. The van der Waals surface area contributed by atoms with Gasteiger partial charge in [0.1, 0.15) is 6.04 Å². The van der Waals surface area contributed by atoms with E-state index in [1.54, 1.807) is 0 Å². The first-order valence-corrected chi connectivity index (χ1v) is 6.80. The average Bonchev–Trinajstić information content (AvgIpc) is 2.45. The number of carboxylic acid groups (broad SMARTS) is 1. The molecule has 0 radical (unpaired) electrons. The lowest BCUT2D eigenvalue weighted by Gasteiger charge is -2.12. The van der Waals surface area contributed by atoms with Crippen molar-refractivity contribution in [2.24, 2.45) is 0 Å². The fourth-order valence-corrected chi connectivity index (χ4v) is 1.62. The van der Waals surface area contributed by atoms with Crippen LogP contribution < -0.4 is 15.6 Å². The summed E-state index contributed by atoms with van der Waals surface area (Å²) < 4.78 is 6.21. The molecule has 1 amide bonds. The number of unbranched alkanes of at least 4 members (excludes halogenated alkanes) is 1.